The van der Waals surface area contributed by atoms with Crippen LogP contribution in [0.2, 0.25) is 0 Å². The van der Waals surface area contributed by atoms with Gasteiger partial charge in [0.25, 0.3) is 0 Å². The third-order valence-electron chi connectivity index (χ3n) is 3.20. The maximum absolute atomic E-state index is 12.4. The number of hydrogen-bond donors (Lipinski definition) is 1. The van der Waals surface area contributed by atoms with Crippen LogP contribution in [0, 0.1) is 0 Å². The summed E-state index contributed by atoms with van der Waals surface area (Å²) in [6.07, 6.45) is 0. The fourth-order valence-electron chi connectivity index (χ4n) is 2.14. The molecule has 96 valence electrons. The Morgan fingerprint density at radius 1 is 1.00 bits per heavy atom. The van der Waals surface area contributed by atoms with Crippen LogP contribution in [0.5, 0.6) is 0 Å². The van der Waals surface area contributed by atoms with Gasteiger partial charge >= 0.3 is 0 Å². The lowest BCUT2D eigenvalue weighted by Crippen LogP contribution is -2.09. The van der Waals surface area contributed by atoms with E-state index in [4.69, 9.17) is 5.73 Å². The monoisotopic (exact) mass is 270 g/mol. The van der Waals surface area contributed by atoms with Crippen LogP contribution in [0.1, 0.15) is 0 Å². The molecule has 0 aliphatic carbocycles. The molecule has 0 atom stereocenters. The van der Waals surface area contributed by atoms with Crippen LogP contribution in [-0.4, -0.2) is 14.1 Å². The summed E-state index contributed by atoms with van der Waals surface area (Å²) in [4.78, 5) is 14.5. The van der Waals surface area contributed by atoms with Gasteiger partial charge in [-0.15, -0.1) is 11.3 Å². The molecule has 19 heavy (non-hydrogen) atoms. The Morgan fingerprint density at radius 3 is 2.32 bits per heavy atom. The number of nitrogen functional groups attached to an aromatic ring is 1. The lowest BCUT2D eigenvalue weighted by molar-refractivity contribution is 1.14. The van der Waals surface area contributed by atoms with Gasteiger partial charge in [-0.25, -0.2) is 0 Å². The molecule has 2 aromatic carbocycles. The number of nitrogens with two attached hydrogens (primary N) is 1. The molecule has 0 aliphatic rings. The van der Waals surface area contributed by atoms with Crippen molar-refractivity contribution in [2.75, 3.05) is 24.7 Å². The van der Waals surface area contributed by atoms with E-state index in [1.165, 1.54) is 0 Å². The van der Waals surface area contributed by atoms with E-state index in [2.05, 4.69) is 0 Å². The van der Waals surface area contributed by atoms with Crippen LogP contribution in [0.25, 0.3) is 20.2 Å². The van der Waals surface area contributed by atoms with Crippen LogP contribution in [0.3, 0.4) is 0 Å². The van der Waals surface area contributed by atoms with Crippen LogP contribution in [0.15, 0.2) is 41.2 Å². The zero-order valence-corrected chi connectivity index (χ0v) is 11.6. The molecule has 0 saturated heterocycles. The van der Waals surface area contributed by atoms with E-state index in [1.54, 1.807) is 17.4 Å². The summed E-state index contributed by atoms with van der Waals surface area (Å²) in [7, 11) is 3.98. The van der Waals surface area contributed by atoms with Gasteiger partial charge < -0.3 is 10.6 Å². The van der Waals surface area contributed by atoms with Crippen molar-refractivity contribution in [1.82, 2.24) is 0 Å². The molecule has 1 heterocycles. The lowest BCUT2D eigenvalue weighted by atomic mass is 10.1. The number of fused-ring (bicyclic) bond motifs is 2. The summed E-state index contributed by atoms with van der Waals surface area (Å²) in [5, 5.41) is 1.51. The SMILES string of the molecule is CN(C)c1ccc2c(=O)c3ccc(N)cc3sc2c1. The molecule has 0 saturated carbocycles. The number of rotatable bonds is 1. The Kier molecular flexibility index (Phi) is 2.68. The van der Waals surface area contributed by atoms with E-state index in [1.807, 2.05) is 49.3 Å². The van der Waals surface area contributed by atoms with Crippen molar-refractivity contribution in [3.8, 4) is 0 Å². The normalized spacial score (nSPS) is 11.1. The van der Waals surface area contributed by atoms with Gasteiger partial charge in [-0.1, -0.05) is 0 Å². The summed E-state index contributed by atoms with van der Waals surface area (Å²) >= 11 is 1.60. The highest BCUT2D eigenvalue weighted by atomic mass is 32.1. The molecule has 4 heteroatoms. The van der Waals surface area contributed by atoms with Crippen molar-refractivity contribution in [1.29, 1.82) is 0 Å². The predicted molar refractivity (Wildman–Crippen MR) is 84.3 cm³/mol. The van der Waals surface area contributed by atoms with Crippen molar-refractivity contribution < 1.29 is 0 Å². The predicted octanol–water partition coefficient (Wildman–Crippen LogP) is 3.06. The van der Waals surface area contributed by atoms with Crippen LogP contribution in [-0.2, 0) is 0 Å². The molecule has 0 unspecified atom stereocenters. The molecule has 3 aromatic rings. The Bertz CT molecular complexity index is 837. The highest BCUT2D eigenvalue weighted by Crippen LogP contribution is 2.28. The fraction of sp³-hybridized carbons (Fsp3) is 0.133. The molecule has 1 aromatic heterocycles. The summed E-state index contributed by atoms with van der Waals surface area (Å²) in [6, 6.07) is 11.4. The second-order valence-electron chi connectivity index (χ2n) is 4.76. The van der Waals surface area contributed by atoms with Crippen molar-refractivity contribution in [2.24, 2.45) is 0 Å². The van der Waals surface area contributed by atoms with Crippen LogP contribution in [0.4, 0.5) is 11.4 Å². The van der Waals surface area contributed by atoms with Gasteiger partial charge in [-0.2, -0.15) is 0 Å². The topological polar surface area (TPSA) is 46.3 Å². The number of nitrogens with zero attached hydrogens (tertiary/aromatic N) is 1. The second-order valence-corrected chi connectivity index (χ2v) is 5.85. The third kappa shape index (κ3) is 1.94. The first-order valence-electron chi connectivity index (χ1n) is 6.00. The number of anilines is 2. The highest BCUT2D eigenvalue weighted by Gasteiger charge is 2.07. The van der Waals surface area contributed by atoms with Crippen LogP contribution < -0.4 is 16.1 Å². The zero-order valence-electron chi connectivity index (χ0n) is 10.8. The van der Waals surface area contributed by atoms with Gasteiger partial charge in [-0.3, -0.25) is 4.79 Å². The van der Waals surface area contributed by atoms with Crippen LogP contribution >= 0.6 is 11.3 Å². The number of benzene rings is 2. The van der Waals surface area contributed by atoms with Gasteiger partial charge in [-0.05, 0) is 36.4 Å². The Labute approximate surface area is 114 Å². The first-order valence-corrected chi connectivity index (χ1v) is 6.81. The third-order valence-corrected chi connectivity index (χ3v) is 4.31. The lowest BCUT2D eigenvalue weighted by Gasteiger charge is -2.12. The van der Waals surface area contributed by atoms with E-state index in [0.717, 1.165) is 25.9 Å². The molecular formula is C15H14N2OS. The van der Waals surface area contributed by atoms with Crippen molar-refractivity contribution in [3.05, 3.63) is 46.6 Å². The smallest absolute Gasteiger partial charge is 0.195 e. The molecular weight excluding hydrogens is 256 g/mol. The molecule has 3 rings (SSSR count). The standard InChI is InChI=1S/C15H14N2OS/c1-17(2)10-4-6-12-14(8-10)19-13-7-9(16)3-5-11(13)15(12)18/h3-8H,16H2,1-2H3. The van der Waals surface area contributed by atoms with Gasteiger partial charge in [0, 0.05) is 45.6 Å². The molecule has 0 radical (unpaired) electrons. The van der Waals surface area contributed by atoms with E-state index >= 15 is 0 Å². The quantitative estimate of drug-likeness (QED) is 0.546. The molecule has 0 fully saturated rings. The minimum Gasteiger partial charge on any atom is -0.399 e. The molecule has 3 nitrogen and oxygen atoms in total. The summed E-state index contributed by atoms with van der Waals surface area (Å²) in [5.74, 6) is 0. The van der Waals surface area contributed by atoms with E-state index in [-0.39, 0.29) is 5.43 Å². The Balaban J connectivity index is 2.43. The molecule has 0 bridgehead atoms. The van der Waals surface area contributed by atoms with E-state index in [9.17, 15) is 4.79 Å². The van der Waals surface area contributed by atoms with Crippen molar-refractivity contribution >= 4 is 42.9 Å². The Morgan fingerprint density at radius 2 is 1.63 bits per heavy atom. The minimum atomic E-state index is 0.0778. The minimum absolute atomic E-state index is 0.0778. The maximum Gasteiger partial charge on any atom is 0.195 e. The van der Waals surface area contributed by atoms with E-state index in [0.29, 0.717) is 5.69 Å². The van der Waals surface area contributed by atoms with Gasteiger partial charge in [0.1, 0.15) is 0 Å². The first-order chi connectivity index (χ1) is 9.06. The summed E-state index contributed by atoms with van der Waals surface area (Å²) in [5.41, 5.74) is 7.65. The zero-order chi connectivity index (χ0) is 13.6. The summed E-state index contributed by atoms with van der Waals surface area (Å²) in [6.45, 7) is 0. The van der Waals surface area contributed by atoms with Gasteiger partial charge in [0.2, 0.25) is 0 Å². The average Bonchev–Trinajstić information content (AvgIpc) is 2.37. The molecule has 0 spiro atoms. The maximum atomic E-state index is 12.4. The van der Waals surface area contributed by atoms with Crippen molar-refractivity contribution in [2.45, 2.75) is 0 Å². The average molecular weight is 270 g/mol. The first kappa shape index (κ1) is 12.0. The van der Waals surface area contributed by atoms with Gasteiger partial charge in [0.05, 0.1) is 0 Å². The molecule has 2 N–H and O–H groups in total. The largest absolute Gasteiger partial charge is 0.399 e. The molecule has 0 aliphatic heterocycles. The highest BCUT2D eigenvalue weighted by molar-refractivity contribution is 7.24. The second kappa shape index (κ2) is 4.24. The van der Waals surface area contributed by atoms with Gasteiger partial charge in [0.15, 0.2) is 5.43 Å². The molecule has 0 amide bonds. The number of hydrogen-bond acceptors (Lipinski definition) is 4. The van der Waals surface area contributed by atoms with E-state index < -0.39 is 0 Å². The van der Waals surface area contributed by atoms with Crippen molar-refractivity contribution in [3.63, 3.8) is 0 Å². The fourth-order valence-corrected chi connectivity index (χ4v) is 3.29. The summed E-state index contributed by atoms with van der Waals surface area (Å²) < 4.78 is 1.93. The Hall–Kier alpha value is -2.07.